The highest BCUT2D eigenvalue weighted by atomic mass is 16.7. The number of fused-ring (bicyclic) bond motifs is 6. The molecule has 0 fully saturated rings. The molecule has 0 bridgehead atoms. The molecule has 12 heteroatoms. The quantitative estimate of drug-likeness (QED) is 0.265. The number of carbonyl (C=O) groups is 6. The van der Waals surface area contributed by atoms with Crippen molar-refractivity contribution in [1.82, 2.24) is 5.06 Å². The molecule has 0 unspecified atom stereocenters. The third-order valence-electron chi connectivity index (χ3n) is 6.45. The monoisotopic (exact) mass is 555 g/mol. The Kier molecular flexibility index (Phi) is 5.69. The van der Waals surface area contributed by atoms with Gasteiger partial charge >= 0.3 is 23.9 Å². The molecule has 0 aromatic heterocycles. The zero-order chi connectivity index (χ0) is 29.1. The number of amides is 2. The van der Waals surface area contributed by atoms with Crippen LogP contribution < -0.4 is 14.2 Å². The van der Waals surface area contributed by atoms with Gasteiger partial charge < -0.3 is 23.8 Å². The maximum atomic E-state index is 13.2. The predicted octanol–water partition coefficient (Wildman–Crippen LogP) is 3.10. The van der Waals surface area contributed by atoms with E-state index in [0.29, 0.717) is 16.2 Å². The molecule has 0 N–H and O–H groups in total. The Morgan fingerprint density at radius 1 is 0.732 bits per heavy atom. The molecule has 2 amide bonds. The van der Waals surface area contributed by atoms with Gasteiger partial charge in [0.1, 0.15) is 23.0 Å². The van der Waals surface area contributed by atoms with Crippen LogP contribution in [0.15, 0.2) is 66.7 Å². The number of rotatable bonds is 4. The molecular formula is C29H17NO11. The number of ether oxygens (including phenoxy) is 4. The van der Waals surface area contributed by atoms with Crippen LogP contribution in [0.1, 0.15) is 51.3 Å². The lowest BCUT2D eigenvalue weighted by molar-refractivity contribution is -0.170. The maximum Gasteiger partial charge on any atom is 0.363 e. The van der Waals surface area contributed by atoms with Gasteiger partial charge in [0.25, 0.3) is 11.8 Å². The van der Waals surface area contributed by atoms with E-state index in [1.54, 1.807) is 12.1 Å². The average molecular weight is 555 g/mol. The summed E-state index contributed by atoms with van der Waals surface area (Å²) in [4.78, 5) is 78.1. The Morgan fingerprint density at radius 2 is 1.29 bits per heavy atom. The van der Waals surface area contributed by atoms with Gasteiger partial charge in [-0.15, -0.1) is 0 Å². The van der Waals surface area contributed by atoms with E-state index in [4.69, 9.17) is 23.8 Å². The van der Waals surface area contributed by atoms with E-state index in [9.17, 15) is 28.8 Å². The first-order valence-corrected chi connectivity index (χ1v) is 12.1. The lowest BCUT2D eigenvalue weighted by Gasteiger charge is -2.36. The standard InChI is InChI=1S/C29H17NO11/c1-14(31)37-17-4-7-20-23(12-17)39-24-13-18(38-15(2)32)5-8-21(24)29(20)22-11-16(3-6-19(22)28(36)40-29)27(35)41-30-25(33)9-10-26(30)34/h3-13H,1-2H3. The summed E-state index contributed by atoms with van der Waals surface area (Å²) in [5, 5.41) is 0.319. The maximum absolute atomic E-state index is 13.2. The number of hydroxylamine groups is 2. The second-order valence-corrected chi connectivity index (χ2v) is 9.12. The molecule has 1 spiro atoms. The Balaban J connectivity index is 1.51. The Morgan fingerprint density at radius 3 is 1.83 bits per heavy atom. The van der Waals surface area contributed by atoms with Gasteiger partial charge in [0.15, 0.2) is 5.60 Å². The molecule has 41 heavy (non-hydrogen) atoms. The van der Waals surface area contributed by atoms with Crippen LogP contribution in [-0.2, 0) is 34.4 Å². The number of carbonyl (C=O) groups excluding carboxylic acids is 6. The number of esters is 3. The minimum Gasteiger partial charge on any atom is -0.456 e. The summed E-state index contributed by atoms with van der Waals surface area (Å²) in [6.07, 6.45) is 1.92. The summed E-state index contributed by atoms with van der Waals surface area (Å²) in [7, 11) is 0. The smallest absolute Gasteiger partial charge is 0.363 e. The number of nitrogens with zero attached hydrogens (tertiary/aromatic N) is 1. The second-order valence-electron chi connectivity index (χ2n) is 9.12. The van der Waals surface area contributed by atoms with E-state index >= 15 is 0 Å². The van der Waals surface area contributed by atoms with Crippen molar-refractivity contribution in [3.63, 3.8) is 0 Å². The summed E-state index contributed by atoms with van der Waals surface area (Å²) >= 11 is 0. The van der Waals surface area contributed by atoms with Gasteiger partial charge in [-0.1, -0.05) is 5.06 Å². The van der Waals surface area contributed by atoms with Gasteiger partial charge in [0.05, 0.1) is 11.1 Å². The van der Waals surface area contributed by atoms with Crippen LogP contribution in [0.4, 0.5) is 0 Å². The minimum atomic E-state index is -1.66. The van der Waals surface area contributed by atoms with E-state index in [1.807, 2.05) is 0 Å². The summed E-state index contributed by atoms with van der Waals surface area (Å²) in [5.41, 5.74) is -0.697. The van der Waals surface area contributed by atoms with E-state index in [0.717, 1.165) is 12.2 Å². The lowest BCUT2D eigenvalue weighted by Crippen LogP contribution is -2.34. The summed E-state index contributed by atoms with van der Waals surface area (Å²) < 4.78 is 22.5. The molecule has 3 aromatic rings. The molecule has 0 saturated heterocycles. The third kappa shape index (κ3) is 4.09. The fourth-order valence-electron chi connectivity index (χ4n) is 4.88. The van der Waals surface area contributed by atoms with Crippen molar-refractivity contribution in [3.8, 4) is 23.0 Å². The zero-order valence-electron chi connectivity index (χ0n) is 21.3. The molecule has 0 saturated carbocycles. The summed E-state index contributed by atoms with van der Waals surface area (Å²) in [6, 6.07) is 13.0. The molecule has 204 valence electrons. The number of hydrogen-bond acceptors (Lipinski definition) is 11. The summed E-state index contributed by atoms with van der Waals surface area (Å²) in [5.74, 6) is -3.90. The first-order valence-electron chi connectivity index (χ1n) is 12.1. The van der Waals surface area contributed by atoms with Crippen LogP contribution in [-0.4, -0.2) is 40.8 Å². The number of imide groups is 1. The van der Waals surface area contributed by atoms with Gasteiger partial charge in [-0.25, -0.2) is 9.59 Å². The van der Waals surface area contributed by atoms with Gasteiger partial charge in [-0.3, -0.25) is 19.2 Å². The van der Waals surface area contributed by atoms with Crippen molar-refractivity contribution in [2.75, 3.05) is 0 Å². The molecule has 3 aliphatic heterocycles. The Bertz CT molecular complexity index is 1690. The van der Waals surface area contributed by atoms with Crippen LogP contribution in [0, 0.1) is 0 Å². The van der Waals surface area contributed by atoms with Crippen LogP contribution in [0.5, 0.6) is 23.0 Å². The Hall–Kier alpha value is -5.78. The van der Waals surface area contributed by atoms with Crippen molar-refractivity contribution in [3.05, 3.63) is 94.6 Å². The predicted molar refractivity (Wildman–Crippen MR) is 134 cm³/mol. The largest absolute Gasteiger partial charge is 0.456 e. The molecule has 3 aromatic carbocycles. The van der Waals surface area contributed by atoms with E-state index in [-0.39, 0.29) is 39.7 Å². The molecule has 6 rings (SSSR count). The topological polar surface area (TPSA) is 152 Å². The fraction of sp³-hybridized carbons (Fsp3) is 0.103. The SMILES string of the molecule is CC(=O)Oc1ccc2c(c1)Oc1cc(OC(C)=O)ccc1C21OC(=O)c2ccc(C(=O)ON3C(=O)C=CC3=O)cc21. The summed E-state index contributed by atoms with van der Waals surface area (Å²) in [6.45, 7) is 2.47. The van der Waals surface area contributed by atoms with Crippen LogP contribution in [0.25, 0.3) is 0 Å². The molecule has 0 radical (unpaired) electrons. The van der Waals surface area contributed by atoms with Crippen LogP contribution in [0.2, 0.25) is 0 Å². The van der Waals surface area contributed by atoms with Crippen molar-refractivity contribution >= 4 is 35.7 Å². The highest BCUT2D eigenvalue weighted by Crippen LogP contribution is 2.57. The minimum absolute atomic E-state index is 0.0865. The lowest BCUT2D eigenvalue weighted by atomic mass is 9.77. The van der Waals surface area contributed by atoms with Crippen molar-refractivity contribution in [2.45, 2.75) is 19.4 Å². The van der Waals surface area contributed by atoms with E-state index in [1.165, 1.54) is 56.3 Å². The molecule has 3 heterocycles. The van der Waals surface area contributed by atoms with Gasteiger partial charge in [0.2, 0.25) is 0 Å². The molecule has 3 aliphatic rings. The highest BCUT2D eigenvalue weighted by Gasteiger charge is 2.54. The van der Waals surface area contributed by atoms with Gasteiger partial charge in [-0.05, 0) is 42.5 Å². The number of hydrogen-bond donors (Lipinski definition) is 0. The zero-order valence-corrected chi connectivity index (χ0v) is 21.3. The molecule has 0 atom stereocenters. The van der Waals surface area contributed by atoms with Gasteiger partial charge in [-0.2, -0.15) is 0 Å². The van der Waals surface area contributed by atoms with Crippen molar-refractivity contribution in [2.24, 2.45) is 0 Å². The molecule has 0 aliphatic carbocycles. The van der Waals surface area contributed by atoms with Crippen molar-refractivity contribution < 1.29 is 52.6 Å². The fourth-order valence-corrected chi connectivity index (χ4v) is 4.88. The first kappa shape index (κ1) is 25.5. The normalized spacial score (nSPS) is 15.5. The van der Waals surface area contributed by atoms with Crippen LogP contribution in [0.3, 0.4) is 0 Å². The molecular weight excluding hydrogens is 538 g/mol. The average Bonchev–Trinajstić information content (AvgIpc) is 3.38. The first-order chi connectivity index (χ1) is 19.6. The highest BCUT2D eigenvalue weighted by molar-refractivity contribution is 6.13. The van der Waals surface area contributed by atoms with Crippen LogP contribution >= 0.6 is 0 Å². The Labute approximate surface area is 230 Å². The number of benzene rings is 3. The van der Waals surface area contributed by atoms with Crippen molar-refractivity contribution in [1.29, 1.82) is 0 Å². The second kappa shape index (κ2) is 9.16. The molecule has 12 nitrogen and oxygen atoms in total. The van der Waals surface area contributed by atoms with E-state index in [2.05, 4.69) is 0 Å². The van der Waals surface area contributed by atoms with Gasteiger partial charge in [0, 0.05) is 54.8 Å². The third-order valence-corrected chi connectivity index (χ3v) is 6.45. The van der Waals surface area contributed by atoms with E-state index < -0.39 is 41.3 Å².